The first kappa shape index (κ1) is 12.7. The number of thioether (sulfide) groups is 1. The molecule has 0 bridgehead atoms. The molecule has 0 saturated heterocycles. The molecule has 0 amide bonds. The Labute approximate surface area is 111 Å². The average Bonchev–Trinajstić information content (AvgIpc) is 2.46. The van der Waals surface area contributed by atoms with Crippen LogP contribution in [-0.4, -0.2) is 19.3 Å². The lowest BCUT2D eigenvalue weighted by Gasteiger charge is -2.11. The van der Waals surface area contributed by atoms with Gasteiger partial charge in [0.15, 0.2) is 0 Å². The van der Waals surface area contributed by atoms with E-state index in [9.17, 15) is 4.79 Å². The molecule has 3 heteroatoms. The minimum atomic E-state index is -0.294. The Kier molecular flexibility index (Phi) is 4.05. The summed E-state index contributed by atoms with van der Waals surface area (Å²) < 4.78 is 4.82. The highest BCUT2D eigenvalue weighted by molar-refractivity contribution is 7.98. The largest absolute Gasteiger partial charge is 0.465 e. The molecule has 92 valence electrons. The fourth-order valence-corrected chi connectivity index (χ4v) is 2.65. The zero-order valence-electron chi connectivity index (χ0n) is 10.3. The van der Waals surface area contributed by atoms with Gasteiger partial charge in [0.1, 0.15) is 0 Å². The number of carbonyl (C=O) groups is 1. The number of methoxy groups -OCH3 is 1. The molecule has 2 nitrogen and oxygen atoms in total. The number of esters is 1. The van der Waals surface area contributed by atoms with Crippen molar-refractivity contribution in [1.82, 2.24) is 0 Å². The predicted octanol–water partition coefficient (Wildman–Crippen LogP) is 3.86. The maximum atomic E-state index is 11.7. The number of ether oxygens (including phenoxy) is 1. The molecule has 0 heterocycles. The van der Waals surface area contributed by atoms with Crippen LogP contribution in [0, 0.1) is 0 Å². The van der Waals surface area contributed by atoms with Crippen LogP contribution < -0.4 is 0 Å². The van der Waals surface area contributed by atoms with E-state index < -0.39 is 0 Å². The Bertz CT molecular complexity index is 550. The van der Waals surface area contributed by atoms with Crippen molar-refractivity contribution in [3.05, 3.63) is 54.1 Å². The molecule has 0 aromatic heterocycles. The number of carbonyl (C=O) groups excluding carboxylic acids is 1. The standard InChI is InChI=1S/C15H14O2S/c1-17-15(16)13-10-6-9-12(14(13)18-2)11-7-4-3-5-8-11/h3-10H,1-2H3. The van der Waals surface area contributed by atoms with E-state index in [1.54, 1.807) is 17.8 Å². The molecule has 0 spiro atoms. The van der Waals surface area contributed by atoms with Crippen LogP contribution in [0.1, 0.15) is 10.4 Å². The Morgan fingerprint density at radius 1 is 1.06 bits per heavy atom. The normalized spacial score (nSPS) is 10.1. The molecule has 2 aromatic rings. The summed E-state index contributed by atoms with van der Waals surface area (Å²) in [7, 11) is 1.40. The molecule has 0 aliphatic rings. The zero-order valence-corrected chi connectivity index (χ0v) is 11.2. The Balaban J connectivity index is 2.59. The van der Waals surface area contributed by atoms with Gasteiger partial charge in [-0.25, -0.2) is 4.79 Å². The van der Waals surface area contributed by atoms with Gasteiger partial charge in [-0.05, 0) is 23.4 Å². The van der Waals surface area contributed by atoms with Crippen LogP contribution in [0.4, 0.5) is 0 Å². The van der Waals surface area contributed by atoms with Crippen LogP contribution in [0.5, 0.6) is 0 Å². The van der Waals surface area contributed by atoms with Crippen molar-refractivity contribution in [1.29, 1.82) is 0 Å². The fourth-order valence-electron chi connectivity index (χ4n) is 1.87. The van der Waals surface area contributed by atoms with E-state index in [4.69, 9.17) is 4.74 Å². The summed E-state index contributed by atoms with van der Waals surface area (Å²) in [4.78, 5) is 12.7. The maximum absolute atomic E-state index is 11.7. The first-order chi connectivity index (χ1) is 8.77. The number of benzene rings is 2. The fraction of sp³-hybridized carbons (Fsp3) is 0.133. The van der Waals surface area contributed by atoms with Crippen molar-refractivity contribution in [2.45, 2.75) is 4.90 Å². The van der Waals surface area contributed by atoms with Gasteiger partial charge in [0.05, 0.1) is 12.7 Å². The Hall–Kier alpha value is -1.74. The van der Waals surface area contributed by atoms with Gasteiger partial charge >= 0.3 is 5.97 Å². The molecule has 0 radical (unpaired) electrons. The molecule has 0 unspecified atom stereocenters. The van der Waals surface area contributed by atoms with Gasteiger partial charge in [0.2, 0.25) is 0 Å². The maximum Gasteiger partial charge on any atom is 0.339 e. The van der Waals surface area contributed by atoms with Gasteiger partial charge < -0.3 is 4.74 Å². The molecular weight excluding hydrogens is 244 g/mol. The summed E-state index contributed by atoms with van der Waals surface area (Å²) >= 11 is 1.56. The monoisotopic (exact) mass is 258 g/mol. The molecule has 0 aliphatic carbocycles. The number of rotatable bonds is 3. The Morgan fingerprint density at radius 3 is 2.39 bits per heavy atom. The van der Waals surface area contributed by atoms with Crippen molar-refractivity contribution < 1.29 is 9.53 Å². The highest BCUT2D eigenvalue weighted by Crippen LogP contribution is 2.33. The summed E-state index contributed by atoms with van der Waals surface area (Å²) in [6.45, 7) is 0. The van der Waals surface area contributed by atoms with Crippen LogP contribution in [-0.2, 0) is 4.74 Å². The van der Waals surface area contributed by atoms with Crippen LogP contribution in [0.2, 0.25) is 0 Å². The second kappa shape index (κ2) is 5.74. The highest BCUT2D eigenvalue weighted by Gasteiger charge is 2.15. The van der Waals surface area contributed by atoms with Crippen LogP contribution in [0.3, 0.4) is 0 Å². The number of hydrogen-bond donors (Lipinski definition) is 0. The van der Waals surface area contributed by atoms with Crippen molar-refractivity contribution in [3.8, 4) is 11.1 Å². The summed E-state index contributed by atoms with van der Waals surface area (Å²) in [6, 6.07) is 15.7. The molecule has 0 N–H and O–H groups in total. The topological polar surface area (TPSA) is 26.3 Å². The lowest BCUT2D eigenvalue weighted by molar-refractivity contribution is 0.0597. The van der Waals surface area contributed by atoms with Crippen LogP contribution in [0.15, 0.2) is 53.4 Å². The van der Waals surface area contributed by atoms with E-state index in [0.29, 0.717) is 5.56 Å². The highest BCUT2D eigenvalue weighted by atomic mass is 32.2. The lowest BCUT2D eigenvalue weighted by atomic mass is 10.0. The van der Waals surface area contributed by atoms with Crippen molar-refractivity contribution >= 4 is 17.7 Å². The van der Waals surface area contributed by atoms with Gasteiger partial charge in [-0.1, -0.05) is 42.5 Å². The predicted molar refractivity (Wildman–Crippen MR) is 75.0 cm³/mol. The second-order valence-electron chi connectivity index (χ2n) is 3.74. The first-order valence-electron chi connectivity index (χ1n) is 5.58. The summed E-state index contributed by atoms with van der Waals surface area (Å²) in [6.07, 6.45) is 1.97. The van der Waals surface area contributed by atoms with Crippen molar-refractivity contribution in [2.75, 3.05) is 13.4 Å². The minimum Gasteiger partial charge on any atom is -0.465 e. The average molecular weight is 258 g/mol. The molecule has 18 heavy (non-hydrogen) atoms. The van der Waals surface area contributed by atoms with E-state index in [-0.39, 0.29) is 5.97 Å². The third-order valence-electron chi connectivity index (χ3n) is 2.71. The van der Waals surface area contributed by atoms with Crippen LogP contribution in [0.25, 0.3) is 11.1 Å². The first-order valence-corrected chi connectivity index (χ1v) is 6.81. The van der Waals surface area contributed by atoms with Crippen LogP contribution >= 0.6 is 11.8 Å². The van der Waals surface area contributed by atoms with E-state index in [1.807, 2.05) is 48.7 Å². The lowest BCUT2D eigenvalue weighted by Crippen LogP contribution is -2.03. The summed E-state index contributed by atoms with van der Waals surface area (Å²) in [5, 5.41) is 0. The SMILES string of the molecule is COC(=O)c1cccc(-c2ccccc2)c1SC. The van der Waals surface area contributed by atoms with E-state index in [0.717, 1.165) is 16.0 Å². The third kappa shape index (κ3) is 2.41. The van der Waals surface area contributed by atoms with Gasteiger partial charge in [-0.3, -0.25) is 0 Å². The molecular formula is C15H14O2S. The molecule has 0 fully saturated rings. The molecule has 0 aliphatic heterocycles. The van der Waals surface area contributed by atoms with Gasteiger partial charge in [-0.2, -0.15) is 0 Å². The van der Waals surface area contributed by atoms with Gasteiger partial charge in [-0.15, -0.1) is 11.8 Å². The van der Waals surface area contributed by atoms with Crippen molar-refractivity contribution in [2.24, 2.45) is 0 Å². The molecule has 0 saturated carbocycles. The summed E-state index contributed by atoms with van der Waals surface area (Å²) in [5.41, 5.74) is 2.78. The summed E-state index contributed by atoms with van der Waals surface area (Å²) in [5.74, 6) is -0.294. The quantitative estimate of drug-likeness (QED) is 0.617. The van der Waals surface area contributed by atoms with E-state index in [2.05, 4.69) is 0 Å². The smallest absolute Gasteiger partial charge is 0.339 e. The molecule has 2 aromatic carbocycles. The van der Waals surface area contributed by atoms with Gasteiger partial charge in [0.25, 0.3) is 0 Å². The van der Waals surface area contributed by atoms with E-state index >= 15 is 0 Å². The van der Waals surface area contributed by atoms with Gasteiger partial charge in [0, 0.05) is 4.90 Å². The minimum absolute atomic E-state index is 0.294. The molecule has 0 atom stereocenters. The Morgan fingerprint density at radius 2 is 1.78 bits per heavy atom. The van der Waals surface area contributed by atoms with E-state index in [1.165, 1.54) is 7.11 Å². The number of hydrogen-bond acceptors (Lipinski definition) is 3. The van der Waals surface area contributed by atoms with Crippen molar-refractivity contribution in [3.63, 3.8) is 0 Å². The third-order valence-corrected chi connectivity index (χ3v) is 3.56. The second-order valence-corrected chi connectivity index (χ2v) is 4.56. The molecule has 2 rings (SSSR count). The zero-order chi connectivity index (χ0) is 13.0.